The van der Waals surface area contributed by atoms with Gasteiger partial charge in [-0.05, 0) is 31.2 Å². The molecule has 0 spiro atoms. The largest absolute Gasteiger partial charge is 0.386 e. The number of amidine groups is 1. The number of aromatic nitrogens is 4. The minimum Gasteiger partial charge on any atom is -0.386 e. The number of benzene rings is 1. The summed E-state index contributed by atoms with van der Waals surface area (Å²) in [6.07, 6.45) is 6.35. The third-order valence-corrected chi connectivity index (χ3v) is 6.51. The zero-order valence-corrected chi connectivity index (χ0v) is 20.3. The first-order valence-corrected chi connectivity index (χ1v) is 11.4. The number of hydrogen-bond donors (Lipinski definition) is 2. The Bertz CT molecular complexity index is 1380. The van der Waals surface area contributed by atoms with Crippen LogP contribution in [0.4, 0.5) is 5.82 Å². The molecule has 4 rings (SSSR count). The van der Waals surface area contributed by atoms with Crippen LogP contribution in [-0.2, 0) is 16.8 Å². The molecule has 36 heavy (non-hydrogen) atoms. The molecule has 2 amide bonds. The number of amides is 2. The van der Waals surface area contributed by atoms with E-state index in [9.17, 15) is 14.9 Å². The van der Waals surface area contributed by atoms with Gasteiger partial charge in [-0.25, -0.2) is 9.97 Å². The Morgan fingerprint density at radius 3 is 2.56 bits per heavy atom. The number of nitrogens with two attached hydrogens (primary N) is 2. The van der Waals surface area contributed by atoms with Gasteiger partial charge >= 0.3 is 0 Å². The molecule has 1 unspecified atom stereocenters. The molecule has 2 heterocycles. The first kappa shape index (κ1) is 24.5. The molecule has 0 radical (unpaired) electrons. The maximum Gasteiger partial charge on any atom is 0.281 e. The summed E-state index contributed by atoms with van der Waals surface area (Å²) < 4.78 is 1.40. The molecule has 1 aliphatic rings. The quantitative estimate of drug-likeness (QED) is 0.376. The van der Waals surface area contributed by atoms with Gasteiger partial charge in [-0.2, -0.15) is 15.4 Å². The zero-order valence-electron chi connectivity index (χ0n) is 20.3. The molecule has 3 aromatic rings. The van der Waals surface area contributed by atoms with Crippen molar-refractivity contribution < 1.29 is 9.59 Å². The van der Waals surface area contributed by atoms with Crippen LogP contribution in [0.2, 0.25) is 0 Å². The maximum absolute atomic E-state index is 12.9. The molecule has 0 aliphatic heterocycles. The fourth-order valence-corrected chi connectivity index (χ4v) is 3.99. The second kappa shape index (κ2) is 9.58. The number of hydrogen-bond acceptors (Lipinski definition) is 7. The van der Waals surface area contributed by atoms with Crippen molar-refractivity contribution >= 4 is 23.5 Å². The third kappa shape index (κ3) is 4.79. The van der Waals surface area contributed by atoms with Crippen LogP contribution in [-0.4, -0.2) is 56.4 Å². The molecule has 4 N–H and O–H groups in total. The number of nitriles is 1. The molecule has 0 saturated heterocycles. The minimum atomic E-state index is -0.643. The van der Waals surface area contributed by atoms with E-state index in [1.807, 2.05) is 37.3 Å². The fraction of sp³-hybridized carbons (Fsp3) is 0.320. The van der Waals surface area contributed by atoms with Gasteiger partial charge in [0.05, 0.1) is 29.1 Å². The van der Waals surface area contributed by atoms with E-state index in [4.69, 9.17) is 11.5 Å². The summed E-state index contributed by atoms with van der Waals surface area (Å²) in [5.74, 6) is -0.0946. The first-order valence-electron chi connectivity index (χ1n) is 11.4. The number of nitrogens with zero attached hydrogens (tertiary/aromatic N) is 7. The van der Waals surface area contributed by atoms with Crippen LogP contribution in [0.15, 0.2) is 47.8 Å². The first-order chi connectivity index (χ1) is 17.1. The van der Waals surface area contributed by atoms with Crippen molar-refractivity contribution in [3.63, 3.8) is 0 Å². The van der Waals surface area contributed by atoms with Gasteiger partial charge in [0.15, 0.2) is 11.5 Å². The molecule has 1 saturated carbocycles. The van der Waals surface area contributed by atoms with Gasteiger partial charge in [-0.15, -0.1) is 0 Å². The topological polar surface area (TPSA) is 169 Å². The predicted molar refractivity (Wildman–Crippen MR) is 134 cm³/mol. The molecule has 184 valence electrons. The molecule has 2 aromatic heterocycles. The molecular formula is C25H27N9O2. The highest BCUT2D eigenvalue weighted by Gasteiger charge is 2.46. The van der Waals surface area contributed by atoms with Crippen LogP contribution < -0.4 is 11.5 Å². The summed E-state index contributed by atoms with van der Waals surface area (Å²) in [5.41, 5.74) is 14.0. The number of carbonyl (C=O) groups is 2. The smallest absolute Gasteiger partial charge is 0.281 e. The van der Waals surface area contributed by atoms with E-state index in [1.54, 1.807) is 14.1 Å². The molecule has 1 atom stereocenters. The highest BCUT2D eigenvalue weighted by atomic mass is 16.2. The number of carbonyl (C=O) groups excluding carboxylic acids is 2. The van der Waals surface area contributed by atoms with Crippen LogP contribution in [0.5, 0.6) is 0 Å². The molecule has 1 aromatic carbocycles. The Hall–Kier alpha value is -4.59. The molecule has 11 nitrogen and oxygen atoms in total. The zero-order chi connectivity index (χ0) is 26.0. The van der Waals surface area contributed by atoms with Gasteiger partial charge in [0.2, 0.25) is 5.91 Å². The summed E-state index contributed by atoms with van der Waals surface area (Å²) in [6, 6.07) is 9.54. The van der Waals surface area contributed by atoms with E-state index < -0.39 is 11.3 Å². The Morgan fingerprint density at radius 2 is 1.94 bits per heavy atom. The molecule has 0 bridgehead atoms. The van der Waals surface area contributed by atoms with Crippen molar-refractivity contribution in [3.8, 4) is 17.3 Å². The number of anilines is 1. The Labute approximate surface area is 208 Å². The SMILES string of the molecule is CN(C)C(=O)Cn1cc(C(=O)N=C(N)C(C)(c2ccc(-c3cnc(N)c(C#N)n3)cc2)C2CC2)cn1. The Morgan fingerprint density at radius 1 is 1.25 bits per heavy atom. The van der Waals surface area contributed by atoms with Gasteiger partial charge < -0.3 is 16.4 Å². The van der Waals surface area contributed by atoms with Crippen molar-refractivity contribution in [1.29, 1.82) is 5.26 Å². The van der Waals surface area contributed by atoms with E-state index in [0.717, 1.165) is 24.0 Å². The monoisotopic (exact) mass is 485 g/mol. The predicted octanol–water partition coefficient (Wildman–Crippen LogP) is 1.75. The fourth-order valence-electron chi connectivity index (χ4n) is 3.99. The van der Waals surface area contributed by atoms with Crippen molar-refractivity contribution in [1.82, 2.24) is 24.6 Å². The van der Waals surface area contributed by atoms with Crippen LogP contribution in [0.25, 0.3) is 11.3 Å². The molecule has 1 fully saturated rings. The van der Waals surface area contributed by atoms with Crippen LogP contribution in [0.1, 0.15) is 41.4 Å². The van der Waals surface area contributed by atoms with Crippen molar-refractivity contribution in [2.24, 2.45) is 16.6 Å². The van der Waals surface area contributed by atoms with Crippen molar-refractivity contribution in [3.05, 3.63) is 59.7 Å². The maximum atomic E-state index is 12.9. The van der Waals surface area contributed by atoms with Crippen LogP contribution in [0.3, 0.4) is 0 Å². The summed E-state index contributed by atoms with van der Waals surface area (Å²) >= 11 is 0. The van der Waals surface area contributed by atoms with E-state index in [0.29, 0.717) is 5.69 Å². The van der Waals surface area contributed by atoms with Gasteiger partial charge in [-0.3, -0.25) is 14.3 Å². The Balaban J connectivity index is 1.58. The van der Waals surface area contributed by atoms with E-state index >= 15 is 0 Å². The lowest BCUT2D eigenvalue weighted by atomic mass is 9.76. The lowest BCUT2D eigenvalue weighted by Gasteiger charge is -2.30. The number of aliphatic imine (C=N–C) groups is 1. The summed E-state index contributed by atoms with van der Waals surface area (Å²) in [6.45, 7) is 2.02. The van der Waals surface area contributed by atoms with Crippen LogP contribution >= 0.6 is 0 Å². The van der Waals surface area contributed by atoms with Gasteiger partial charge in [0.1, 0.15) is 18.4 Å². The Kier molecular flexibility index (Phi) is 6.53. The highest BCUT2D eigenvalue weighted by molar-refractivity contribution is 6.06. The number of nitrogen functional groups attached to an aromatic ring is 1. The van der Waals surface area contributed by atoms with E-state index in [2.05, 4.69) is 20.1 Å². The molecule has 11 heteroatoms. The summed E-state index contributed by atoms with van der Waals surface area (Å²) in [7, 11) is 3.31. The second-order valence-electron chi connectivity index (χ2n) is 9.17. The highest BCUT2D eigenvalue weighted by Crippen LogP contribution is 2.47. The molecular weight excluding hydrogens is 458 g/mol. The average molecular weight is 486 g/mol. The lowest BCUT2D eigenvalue weighted by molar-refractivity contribution is -0.129. The normalized spacial score (nSPS) is 15.1. The van der Waals surface area contributed by atoms with Gasteiger partial charge in [0.25, 0.3) is 5.91 Å². The van der Waals surface area contributed by atoms with E-state index in [-0.39, 0.29) is 41.3 Å². The standard InChI is InChI=1S/C25H27N9O2/c1-25(18-8-9-18,17-6-4-15(5-7-17)20-12-29-22(27)19(10-26)31-20)24(28)32-23(36)16-11-30-34(13-16)14-21(35)33(2)3/h4-7,11-13,18H,8-9,14H2,1-3H3,(H2,27,29)(H2,28,32,36). The third-order valence-electron chi connectivity index (χ3n) is 6.51. The molecule has 1 aliphatic carbocycles. The lowest BCUT2D eigenvalue weighted by Crippen LogP contribution is -2.41. The van der Waals surface area contributed by atoms with E-state index in [1.165, 1.54) is 28.2 Å². The van der Waals surface area contributed by atoms with Crippen molar-refractivity contribution in [2.45, 2.75) is 31.7 Å². The van der Waals surface area contributed by atoms with Gasteiger partial charge in [0, 0.05) is 25.9 Å². The van der Waals surface area contributed by atoms with Crippen LogP contribution in [0, 0.1) is 17.2 Å². The minimum absolute atomic E-state index is 0.0276. The summed E-state index contributed by atoms with van der Waals surface area (Å²) in [4.78, 5) is 38.8. The van der Waals surface area contributed by atoms with Crippen molar-refractivity contribution in [2.75, 3.05) is 19.8 Å². The summed E-state index contributed by atoms with van der Waals surface area (Å²) in [5, 5.41) is 13.3. The number of rotatable bonds is 7. The van der Waals surface area contributed by atoms with Gasteiger partial charge in [-0.1, -0.05) is 24.3 Å². The second-order valence-corrected chi connectivity index (χ2v) is 9.17. The number of likely N-dealkylation sites (N-methyl/N-ethyl adjacent to an activating group) is 1. The average Bonchev–Trinajstić information content (AvgIpc) is 3.62.